The van der Waals surface area contributed by atoms with E-state index in [0.717, 1.165) is 0 Å². The van der Waals surface area contributed by atoms with Gasteiger partial charge in [-0.05, 0) is 12.1 Å². The zero-order valence-electron chi connectivity index (χ0n) is 11.1. The molecule has 0 bridgehead atoms. The summed E-state index contributed by atoms with van der Waals surface area (Å²) in [5, 5.41) is 3.24. The molecule has 0 spiro atoms. The molecule has 1 heterocycles. The van der Waals surface area contributed by atoms with Crippen LogP contribution in [0.15, 0.2) is 12.1 Å². The second kappa shape index (κ2) is 6.89. The first-order chi connectivity index (χ1) is 8.93. The summed E-state index contributed by atoms with van der Waals surface area (Å²) in [6.45, 7) is 1.70. The van der Waals surface area contributed by atoms with Crippen molar-refractivity contribution in [1.29, 1.82) is 0 Å². The number of esters is 1. The molecule has 1 N–H and O–H groups in total. The number of nitrogens with one attached hydrogen (secondary N) is 1. The van der Waals surface area contributed by atoms with Crippen LogP contribution in [0.5, 0.6) is 0 Å². The summed E-state index contributed by atoms with van der Waals surface area (Å²) in [7, 11) is 2.92. The highest BCUT2D eigenvalue weighted by atomic mass is 32.1. The Morgan fingerprint density at radius 2 is 2.05 bits per heavy atom. The standard InChI is InChI=1S/C12H16N2O4S/c1-8(15)13-10-5-4-9(19-10)12(17)14(2)7-6-11(16)18-3/h4-5H,6-7H2,1-3H3,(H,13,15). The van der Waals surface area contributed by atoms with E-state index in [1.165, 1.54) is 30.3 Å². The molecule has 2 amide bonds. The van der Waals surface area contributed by atoms with Crippen LogP contribution in [0.3, 0.4) is 0 Å². The highest BCUT2D eigenvalue weighted by Gasteiger charge is 2.15. The molecule has 1 aromatic rings. The van der Waals surface area contributed by atoms with E-state index in [0.29, 0.717) is 16.4 Å². The van der Waals surface area contributed by atoms with Crippen molar-refractivity contribution in [3.63, 3.8) is 0 Å². The lowest BCUT2D eigenvalue weighted by molar-refractivity contribution is -0.140. The minimum atomic E-state index is -0.357. The van der Waals surface area contributed by atoms with E-state index in [1.807, 2.05) is 0 Å². The molecule has 104 valence electrons. The minimum absolute atomic E-state index is 0.155. The maximum atomic E-state index is 12.0. The third-order valence-corrected chi connectivity index (χ3v) is 3.33. The molecule has 0 saturated carbocycles. The van der Waals surface area contributed by atoms with Gasteiger partial charge < -0.3 is 15.0 Å². The van der Waals surface area contributed by atoms with E-state index >= 15 is 0 Å². The van der Waals surface area contributed by atoms with Crippen LogP contribution in [-0.2, 0) is 14.3 Å². The number of carbonyl (C=O) groups is 3. The van der Waals surface area contributed by atoms with Crippen molar-refractivity contribution in [2.24, 2.45) is 0 Å². The Morgan fingerprint density at radius 1 is 1.37 bits per heavy atom. The van der Waals surface area contributed by atoms with Gasteiger partial charge in [-0.2, -0.15) is 0 Å². The van der Waals surface area contributed by atoms with E-state index in [-0.39, 0.29) is 24.2 Å². The molecule has 0 unspecified atom stereocenters. The summed E-state index contributed by atoms with van der Waals surface area (Å²) in [4.78, 5) is 35.9. The van der Waals surface area contributed by atoms with Gasteiger partial charge in [0.25, 0.3) is 5.91 Å². The average molecular weight is 284 g/mol. The predicted octanol–water partition coefficient (Wildman–Crippen LogP) is 1.34. The fourth-order valence-corrected chi connectivity index (χ4v) is 2.29. The number of anilines is 1. The van der Waals surface area contributed by atoms with Gasteiger partial charge in [-0.25, -0.2) is 0 Å². The largest absolute Gasteiger partial charge is 0.469 e. The number of nitrogens with zero attached hydrogens (tertiary/aromatic N) is 1. The summed E-state index contributed by atoms with van der Waals surface area (Å²) in [5.74, 6) is -0.727. The number of rotatable bonds is 5. The van der Waals surface area contributed by atoms with E-state index in [9.17, 15) is 14.4 Å². The van der Waals surface area contributed by atoms with E-state index in [4.69, 9.17) is 0 Å². The molecule has 0 atom stereocenters. The van der Waals surface area contributed by atoms with Gasteiger partial charge in [0.05, 0.1) is 23.4 Å². The van der Waals surface area contributed by atoms with Crippen molar-refractivity contribution in [2.45, 2.75) is 13.3 Å². The molecule has 0 fully saturated rings. The number of amides is 2. The summed E-state index contributed by atoms with van der Waals surface area (Å²) in [6, 6.07) is 3.32. The molecule has 0 aromatic carbocycles. The Hall–Kier alpha value is -1.89. The van der Waals surface area contributed by atoms with Gasteiger partial charge in [0.2, 0.25) is 5.91 Å². The smallest absolute Gasteiger partial charge is 0.307 e. The number of ether oxygens (including phenoxy) is 1. The summed E-state index contributed by atoms with van der Waals surface area (Å²) >= 11 is 1.20. The Morgan fingerprint density at radius 3 is 2.63 bits per heavy atom. The van der Waals surface area contributed by atoms with Crippen LogP contribution in [0, 0.1) is 0 Å². The number of hydrogen-bond acceptors (Lipinski definition) is 5. The van der Waals surface area contributed by atoms with Crippen LogP contribution in [-0.4, -0.2) is 43.4 Å². The summed E-state index contributed by atoms with van der Waals surface area (Å²) in [6.07, 6.45) is 0.155. The Labute approximate surface area is 115 Å². The van der Waals surface area contributed by atoms with E-state index < -0.39 is 0 Å². The number of hydrogen-bond donors (Lipinski definition) is 1. The number of methoxy groups -OCH3 is 1. The Balaban J connectivity index is 2.59. The normalized spacial score (nSPS) is 9.84. The summed E-state index contributed by atoms with van der Waals surface area (Å²) in [5.41, 5.74) is 0. The first kappa shape index (κ1) is 15.2. The molecule has 0 aliphatic carbocycles. The lowest BCUT2D eigenvalue weighted by Crippen LogP contribution is -2.28. The second-order valence-electron chi connectivity index (χ2n) is 3.90. The fourth-order valence-electron chi connectivity index (χ4n) is 1.34. The van der Waals surface area contributed by atoms with Crippen molar-refractivity contribution in [3.8, 4) is 0 Å². The Kier molecular flexibility index (Phi) is 5.50. The minimum Gasteiger partial charge on any atom is -0.469 e. The molecule has 6 nitrogen and oxygen atoms in total. The monoisotopic (exact) mass is 284 g/mol. The second-order valence-corrected chi connectivity index (χ2v) is 4.98. The van der Waals surface area contributed by atoms with E-state index in [1.54, 1.807) is 19.2 Å². The lowest BCUT2D eigenvalue weighted by Gasteiger charge is -2.15. The number of carbonyl (C=O) groups excluding carboxylic acids is 3. The highest BCUT2D eigenvalue weighted by Crippen LogP contribution is 2.22. The van der Waals surface area contributed by atoms with Gasteiger partial charge in [0, 0.05) is 20.5 Å². The SMILES string of the molecule is COC(=O)CCN(C)C(=O)c1ccc(NC(C)=O)s1. The van der Waals surface area contributed by atoms with Gasteiger partial charge in [-0.3, -0.25) is 14.4 Å². The van der Waals surface area contributed by atoms with Gasteiger partial charge in [-0.1, -0.05) is 0 Å². The molecule has 0 radical (unpaired) electrons. The van der Waals surface area contributed by atoms with Gasteiger partial charge >= 0.3 is 5.97 Å². The maximum Gasteiger partial charge on any atom is 0.307 e. The highest BCUT2D eigenvalue weighted by molar-refractivity contribution is 7.18. The fraction of sp³-hybridized carbons (Fsp3) is 0.417. The first-order valence-corrected chi connectivity index (χ1v) is 6.45. The Bertz CT molecular complexity index is 484. The topological polar surface area (TPSA) is 75.7 Å². The van der Waals surface area contributed by atoms with Crippen LogP contribution in [0.2, 0.25) is 0 Å². The molecule has 1 rings (SSSR count). The zero-order chi connectivity index (χ0) is 14.4. The van der Waals surface area contributed by atoms with Crippen LogP contribution in [0.25, 0.3) is 0 Å². The molecular formula is C12H16N2O4S. The number of thiophene rings is 1. The first-order valence-electron chi connectivity index (χ1n) is 5.63. The molecule has 7 heteroatoms. The van der Waals surface area contributed by atoms with Crippen LogP contribution in [0.1, 0.15) is 23.0 Å². The molecule has 0 aliphatic rings. The maximum absolute atomic E-state index is 12.0. The van der Waals surface area contributed by atoms with E-state index in [2.05, 4.69) is 10.1 Å². The van der Waals surface area contributed by atoms with Crippen molar-refractivity contribution in [1.82, 2.24) is 4.90 Å². The summed E-state index contributed by atoms with van der Waals surface area (Å²) < 4.78 is 4.51. The third-order valence-electron chi connectivity index (χ3n) is 2.34. The van der Waals surface area contributed by atoms with Gasteiger partial charge in [-0.15, -0.1) is 11.3 Å². The van der Waals surface area contributed by atoms with Crippen molar-refractivity contribution >= 4 is 34.1 Å². The molecule has 0 saturated heterocycles. The molecule has 0 aliphatic heterocycles. The van der Waals surface area contributed by atoms with Crippen molar-refractivity contribution in [2.75, 3.05) is 26.0 Å². The van der Waals surface area contributed by atoms with Gasteiger partial charge in [0.1, 0.15) is 0 Å². The predicted molar refractivity (Wildman–Crippen MR) is 72.2 cm³/mol. The quantitative estimate of drug-likeness (QED) is 0.828. The third kappa shape index (κ3) is 4.70. The van der Waals surface area contributed by atoms with Crippen LogP contribution < -0.4 is 5.32 Å². The molecule has 19 heavy (non-hydrogen) atoms. The van der Waals surface area contributed by atoms with Crippen LogP contribution in [0.4, 0.5) is 5.00 Å². The average Bonchev–Trinajstić information content (AvgIpc) is 2.81. The zero-order valence-corrected chi connectivity index (χ0v) is 11.9. The van der Waals surface area contributed by atoms with Crippen molar-refractivity contribution in [3.05, 3.63) is 17.0 Å². The van der Waals surface area contributed by atoms with Crippen LogP contribution >= 0.6 is 11.3 Å². The molecular weight excluding hydrogens is 268 g/mol. The molecule has 1 aromatic heterocycles. The van der Waals surface area contributed by atoms with Crippen molar-refractivity contribution < 1.29 is 19.1 Å². The van der Waals surface area contributed by atoms with Gasteiger partial charge in [0.15, 0.2) is 0 Å². The lowest BCUT2D eigenvalue weighted by atomic mass is 10.3.